The van der Waals surface area contributed by atoms with Crippen LogP contribution in [0, 0.1) is 0 Å². The van der Waals surface area contributed by atoms with Crippen molar-refractivity contribution < 1.29 is 4.79 Å². The number of amides is 1. The number of aryl methyl sites for hydroxylation is 1. The van der Waals surface area contributed by atoms with Crippen LogP contribution in [0.5, 0.6) is 0 Å². The van der Waals surface area contributed by atoms with Gasteiger partial charge in [-0.3, -0.25) is 4.79 Å². The van der Waals surface area contributed by atoms with Gasteiger partial charge >= 0.3 is 0 Å². The number of hydrogen-bond acceptors (Lipinski definition) is 4. The maximum atomic E-state index is 12.2. The van der Waals surface area contributed by atoms with E-state index in [2.05, 4.69) is 20.8 Å². The first kappa shape index (κ1) is 12.7. The molecule has 1 atom stereocenters. The Balaban J connectivity index is 1.59. The molecular weight excluding hydrogens is 254 g/mol. The SMILES string of the molecule is CCn1cnnc1CNC(=O)C1Cc2ccccc2N1. The summed E-state index contributed by atoms with van der Waals surface area (Å²) in [5, 5.41) is 14.0. The van der Waals surface area contributed by atoms with Gasteiger partial charge in [-0.15, -0.1) is 10.2 Å². The lowest BCUT2D eigenvalue weighted by molar-refractivity contribution is -0.121. The van der Waals surface area contributed by atoms with Crippen LogP contribution in [0.25, 0.3) is 0 Å². The molecule has 0 radical (unpaired) electrons. The van der Waals surface area contributed by atoms with Crippen molar-refractivity contribution in [1.82, 2.24) is 20.1 Å². The summed E-state index contributed by atoms with van der Waals surface area (Å²) in [6, 6.07) is 7.80. The third-order valence-corrected chi connectivity index (χ3v) is 3.54. The number of fused-ring (bicyclic) bond motifs is 1. The molecule has 104 valence electrons. The Morgan fingerprint density at radius 2 is 2.35 bits per heavy atom. The average Bonchev–Trinajstić information content (AvgIpc) is 3.10. The first-order valence-electron chi connectivity index (χ1n) is 6.76. The molecule has 6 heteroatoms. The van der Waals surface area contributed by atoms with Gasteiger partial charge in [0.05, 0.1) is 6.54 Å². The van der Waals surface area contributed by atoms with Crippen LogP contribution in [-0.2, 0) is 24.3 Å². The van der Waals surface area contributed by atoms with Crippen molar-refractivity contribution in [3.05, 3.63) is 42.0 Å². The van der Waals surface area contributed by atoms with Crippen molar-refractivity contribution in [1.29, 1.82) is 0 Å². The molecule has 2 aromatic rings. The summed E-state index contributed by atoms with van der Waals surface area (Å²) in [4.78, 5) is 12.2. The second-order valence-electron chi connectivity index (χ2n) is 4.81. The van der Waals surface area contributed by atoms with Crippen LogP contribution in [0.15, 0.2) is 30.6 Å². The van der Waals surface area contributed by atoms with E-state index in [1.54, 1.807) is 6.33 Å². The minimum Gasteiger partial charge on any atom is -0.373 e. The van der Waals surface area contributed by atoms with Gasteiger partial charge in [0, 0.05) is 18.7 Å². The van der Waals surface area contributed by atoms with Crippen LogP contribution >= 0.6 is 0 Å². The molecule has 2 N–H and O–H groups in total. The van der Waals surface area contributed by atoms with Crippen LogP contribution in [-0.4, -0.2) is 26.7 Å². The van der Waals surface area contributed by atoms with E-state index in [9.17, 15) is 4.79 Å². The highest BCUT2D eigenvalue weighted by atomic mass is 16.2. The molecule has 0 bridgehead atoms. The number of carbonyl (C=O) groups excluding carboxylic acids is 1. The Kier molecular flexibility index (Phi) is 3.37. The summed E-state index contributed by atoms with van der Waals surface area (Å²) in [6.45, 7) is 3.22. The maximum Gasteiger partial charge on any atom is 0.243 e. The molecule has 0 saturated heterocycles. The summed E-state index contributed by atoms with van der Waals surface area (Å²) in [7, 11) is 0. The predicted molar refractivity (Wildman–Crippen MR) is 75.1 cm³/mol. The second-order valence-corrected chi connectivity index (χ2v) is 4.81. The molecule has 6 nitrogen and oxygen atoms in total. The van der Waals surface area contributed by atoms with E-state index in [0.717, 1.165) is 24.5 Å². The van der Waals surface area contributed by atoms with Gasteiger partial charge in [-0.05, 0) is 18.6 Å². The topological polar surface area (TPSA) is 71.8 Å². The van der Waals surface area contributed by atoms with Crippen molar-refractivity contribution in [2.75, 3.05) is 5.32 Å². The molecule has 0 aliphatic carbocycles. The fraction of sp³-hybridized carbons (Fsp3) is 0.357. The van der Waals surface area contributed by atoms with Crippen molar-refractivity contribution in [2.45, 2.75) is 32.5 Å². The molecular formula is C14H17N5O. The van der Waals surface area contributed by atoms with Gasteiger partial charge in [0.25, 0.3) is 0 Å². The summed E-state index contributed by atoms with van der Waals surface area (Å²) < 4.78 is 1.91. The molecule has 20 heavy (non-hydrogen) atoms. The highest BCUT2D eigenvalue weighted by Crippen LogP contribution is 2.25. The number of nitrogens with one attached hydrogen (secondary N) is 2. The number of anilines is 1. The molecule has 1 aromatic carbocycles. The zero-order valence-corrected chi connectivity index (χ0v) is 11.3. The quantitative estimate of drug-likeness (QED) is 0.868. The Hall–Kier alpha value is -2.37. The van der Waals surface area contributed by atoms with E-state index in [0.29, 0.717) is 6.54 Å². The molecule has 1 aliphatic heterocycles. The van der Waals surface area contributed by atoms with E-state index in [-0.39, 0.29) is 11.9 Å². The molecule has 1 unspecified atom stereocenters. The standard InChI is InChI=1S/C14H17N5O/c1-2-19-9-16-18-13(19)8-15-14(20)12-7-10-5-3-4-6-11(10)17-12/h3-6,9,12,17H,2,7-8H2,1H3,(H,15,20). The summed E-state index contributed by atoms with van der Waals surface area (Å²) in [6.07, 6.45) is 2.40. The lowest BCUT2D eigenvalue weighted by Crippen LogP contribution is -2.38. The van der Waals surface area contributed by atoms with E-state index >= 15 is 0 Å². The number of benzene rings is 1. The highest BCUT2D eigenvalue weighted by Gasteiger charge is 2.26. The fourth-order valence-electron chi connectivity index (χ4n) is 2.43. The molecule has 2 heterocycles. The van der Waals surface area contributed by atoms with Gasteiger partial charge in [-0.1, -0.05) is 18.2 Å². The van der Waals surface area contributed by atoms with E-state index in [1.807, 2.05) is 35.8 Å². The van der Waals surface area contributed by atoms with Crippen molar-refractivity contribution in [3.63, 3.8) is 0 Å². The number of carbonyl (C=O) groups is 1. The third-order valence-electron chi connectivity index (χ3n) is 3.54. The third kappa shape index (κ3) is 2.36. The summed E-state index contributed by atoms with van der Waals surface area (Å²) in [5.41, 5.74) is 2.23. The maximum absolute atomic E-state index is 12.2. The minimum absolute atomic E-state index is 0.00754. The smallest absolute Gasteiger partial charge is 0.243 e. The Bertz CT molecular complexity index is 597. The first-order chi connectivity index (χ1) is 9.78. The molecule has 0 saturated carbocycles. The Morgan fingerprint density at radius 1 is 1.50 bits per heavy atom. The van der Waals surface area contributed by atoms with E-state index in [4.69, 9.17) is 0 Å². The van der Waals surface area contributed by atoms with Gasteiger partial charge in [-0.2, -0.15) is 0 Å². The number of rotatable bonds is 4. The summed E-state index contributed by atoms with van der Waals surface area (Å²) >= 11 is 0. The molecule has 3 rings (SSSR count). The van der Waals surface area contributed by atoms with Crippen molar-refractivity contribution >= 4 is 11.6 Å². The van der Waals surface area contributed by atoms with E-state index < -0.39 is 0 Å². The molecule has 1 aliphatic rings. The van der Waals surface area contributed by atoms with Crippen LogP contribution in [0.4, 0.5) is 5.69 Å². The summed E-state index contributed by atoms with van der Waals surface area (Å²) in [5.74, 6) is 0.767. The van der Waals surface area contributed by atoms with Crippen LogP contribution in [0.1, 0.15) is 18.3 Å². The number of nitrogens with zero attached hydrogens (tertiary/aromatic N) is 3. The van der Waals surface area contributed by atoms with Gasteiger partial charge in [-0.25, -0.2) is 0 Å². The van der Waals surface area contributed by atoms with Crippen molar-refractivity contribution in [2.24, 2.45) is 0 Å². The Morgan fingerprint density at radius 3 is 3.15 bits per heavy atom. The van der Waals surface area contributed by atoms with Gasteiger partial charge in [0.1, 0.15) is 12.4 Å². The number of hydrogen-bond donors (Lipinski definition) is 2. The van der Waals surface area contributed by atoms with E-state index in [1.165, 1.54) is 5.56 Å². The van der Waals surface area contributed by atoms with Gasteiger partial charge in [0.2, 0.25) is 5.91 Å². The van der Waals surface area contributed by atoms with Crippen LogP contribution in [0.2, 0.25) is 0 Å². The fourth-order valence-corrected chi connectivity index (χ4v) is 2.43. The largest absolute Gasteiger partial charge is 0.373 e. The average molecular weight is 271 g/mol. The molecule has 0 spiro atoms. The number of para-hydroxylation sites is 1. The first-order valence-corrected chi connectivity index (χ1v) is 6.76. The van der Waals surface area contributed by atoms with Crippen molar-refractivity contribution in [3.8, 4) is 0 Å². The number of aromatic nitrogens is 3. The zero-order chi connectivity index (χ0) is 13.9. The van der Waals surface area contributed by atoms with Gasteiger partial charge < -0.3 is 15.2 Å². The highest BCUT2D eigenvalue weighted by molar-refractivity contribution is 5.87. The normalized spacial score (nSPS) is 16.6. The molecule has 1 amide bonds. The Labute approximate surface area is 117 Å². The lowest BCUT2D eigenvalue weighted by Gasteiger charge is -2.12. The monoisotopic (exact) mass is 271 g/mol. The van der Waals surface area contributed by atoms with Crippen LogP contribution < -0.4 is 10.6 Å². The van der Waals surface area contributed by atoms with Gasteiger partial charge in [0.15, 0.2) is 5.82 Å². The lowest BCUT2D eigenvalue weighted by atomic mass is 10.1. The van der Waals surface area contributed by atoms with Crippen LogP contribution in [0.3, 0.4) is 0 Å². The molecule has 0 fully saturated rings. The molecule has 1 aromatic heterocycles. The second kappa shape index (κ2) is 5.32. The predicted octanol–water partition coefficient (Wildman–Crippen LogP) is 0.951. The zero-order valence-electron chi connectivity index (χ0n) is 11.3. The minimum atomic E-state index is -0.203.